The molecule has 2 aromatic carbocycles. The van der Waals surface area contributed by atoms with E-state index in [-0.39, 0.29) is 0 Å². The SMILES string of the molecule is COc1ccc(Nc2nc(C)c3ncn(-c4ccc(OC)c(Cl)c4)c3n2)cc1Cl. The number of hydrogen-bond donors (Lipinski definition) is 1. The number of halogens is 2. The van der Waals surface area contributed by atoms with Gasteiger partial charge in [-0.05, 0) is 43.3 Å². The van der Waals surface area contributed by atoms with Gasteiger partial charge in [-0.15, -0.1) is 0 Å². The zero-order chi connectivity index (χ0) is 20.5. The molecule has 29 heavy (non-hydrogen) atoms. The van der Waals surface area contributed by atoms with E-state index in [9.17, 15) is 0 Å². The van der Waals surface area contributed by atoms with E-state index in [2.05, 4.69) is 20.3 Å². The van der Waals surface area contributed by atoms with Crippen LogP contribution in [0.5, 0.6) is 11.5 Å². The topological polar surface area (TPSA) is 74.1 Å². The van der Waals surface area contributed by atoms with Gasteiger partial charge in [0.25, 0.3) is 0 Å². The molecule has 0 aliphatic carbocycles. The normalized spacial score (nSPS) is 10.9. The summed E-state index contributed by atoms with van der Waals surface area (Å²) in [6.07, 6.45) is 1.69. The summed E-state index contributed by atoms with van der Waals surface area (Å²) in [5.41, 5.74) is 3.66. The van der Waals surface area contributed by atoms with Crippen LogP contribution in [0, 0.1) is 6.92 Å². The van der Waals surface area contributed by atoms with Crippen molar-refractivity contribution in [2.24, 2.45) is 0 Å². The minimum Gasteiger partial charge on any atom is -0.495 e. The Hall–Kier alpha value is -3.03. The van der Waals surface area contributed by atoms with Gasteiger partial charge < -0.3 is 14.8 Å². The molecule has 4 rings (SSSR count). The summed E-state index contributed by atoms with van der Waals surface area (Å²) in [6.45, 7) is 1.88. The number of aryl methyl sites for hydroxylation is 1. The van der Waals surface area contributed by atoms with Gasteiger partial charge in [-0.1, -0.05) is 23.2 Å². The van der Waals surface area contributed by atoms with E-state index in [0.29, 0.717) is 38.7 Å². The van der Waals surface area contributed by atoms with Crippen LogP contribution in [0.1, 0.15) is 5.69 Å². The van der Waals surface area contributed by atoms with Crippen LogP contribution < -0.4 is 14.8 Å². The lowest BCUT2D eigenvalue weighted by Gasteiger charge is -2.10. The van der Waals surface area contributed by atoms with Crippen molar-refractivity contribution in [2.45, 2.75) is 6.92 Å². The highest BCUT2D eigenvalue weighted by Crippen LogP contribution is 2.30. The number of imidazole rings is 1. The Bertz CT molecular complexity index is 1210. The summed E-state index contributed by atoms with van der Waals surface area (Å²) >= 11 is 12.5. The molecule has 0 aliphatic rings. The molecule has 9 heteroatoms. The lowest BCUT2D eigenvalue weighted by molar-refractivity contribution is 0.415. The fourth-order valence-corrected chi connectivity index (χ4v) is 3.47. The first-order valence-electron chi connectivity index (χ1n) is 8.66. The first-order chi connectivity index (χ1) is 14.0. The lowest BCUT2D eigenvalue weighted by atomic mass is 10.3. The molecule has 0 saturated heterocycles. The van der Waals surface area contributed by atoms with E-state index in [1.807, 2.05) is 23.6 Å². The third-order valence-corrected chi connectivity index (χ3v) is 4.98. The first-order valence-corrected chi connectivity index (χ1v) is 9.42. The van der Waals surface area contributed by atoms with Gasteiger partial charge in [0.2, 0.25) is 5.95 Å². The smallest absolute Gasteiger partial charge is 0.229 e. The Morgan fingerprint density at radius 1 is 0.931 bits per heavy atom. The summed E-state index contributed by atoms with van der Waals surface area (Å²) in [4.78, 5) is 13.6. The molecule has 0 unspecified atom stereocenters. The molecule has 2 heterocycles. The fraction of sp³-hybridized carbons (Fsp3) is 0.150. The molecular formula is C20H17Cl2N5O2. The molecule has 4 aromatic rings. The van der Waals surface area contributed by atoms with E-state index in [1.54, 1.807) is 44.8 Å². The predicted octanol–water partition coefficient (Wildman–Crippen LogP) is 5.19. The maximum Gasteiger partial charge on any atom is 0.229 e. The van der Waals surface area contributed by atoms with E-state index >= 15 is 0 Å². The standard InChI is InChI=1S/C20H17Cl2N5O2/c1-11-18-19(27(10-23-18)13-5-7-17(29-3)15(22)9-13)26-20(24-11)25-12-4-6-16(28-2)14(21)8-12/h4-10H,1-3H3,(H,24,25,26). The number of anilines is 2. The van der Waals surface area contributed by atoms with Gasteiger partial charge in [-0.2, -0.15) is 4.98 Å². The van der Waals surface area contributed by atoms with Gasteiger partial charge in [0.1, 0.15) is 23.3 Å². The summed E-state index contributed by atoms with van der Waals surface area (Å²) in [6, 6.07) is 10.9. The molecule has 0 radical (unpaired) electrons. The van der Waals surface area contributed by atoms with Crippen molar-refractivity contribution in [2.75, 3.05) is 19.5 Å². The van der Waals surface area contributed by atoms with E-state index < -0.39 is 0 Å². The molecule has 0 aliphatic heterocycles. The van der Waals surface area contributed by atoms with Gasteiger partial charge in [-0.3, -0.25) is 4.57 Å². The number of fused-ring (bicyclic) bond motifs is 1. The lowest BCUT2D eigenvalue weighted by Crippen LogP contribution is -2.02. The van der Waals surface area contributed by atoms with Crippen molar-refractivity contribution in [1.29, 1.82) is 0 Å². The van der Waals surface area contributed by atoms with Crippen LogP contribution in [0.25, 0.3) is 16.9 Å². The van der Waals surface area contributed by atoms with Gasteiger partial charge in [0.05, 0.1) is 35.6 Å². The Kier molecular flexibility index (Phi) is 5.17. The molecule has 0 bridgehead atoms. The van der Waals surface area contributed by atoms with Crippen LogP contribution in [-0.4, -0.2) is 33.7 Å². The van der Waals surface area contributed by atoms with Crippen molar-refractivity contribution in [3.63, 3.8) is 0 Å². The average Bonchev–Trinajstić information content (AvgIpc) is 3.12. The molecule has 148 valence electrons. The van der Waals surface area contributed by atoms with Gasteiger partial charge in [0.15, 0.2) is 5.65 Å². The molecule has 0 atom stereocenters. The monoisotopic (exact) mass is 429 g/mol. The number of hydrogen-bond acceptors (Lipinski definition) is 6. The van der Waals surface area contributed by atoms with E-state index in [1.165, 1.54) is 0 Å². The fourth-order valence-electron chi connectivity index (χ4n) is 2.96. The average molecular weight is 430 g/mol. The molecule has 1 N–H and O–H groups in total. The first kappa shape index (κ1) is 19.3. The summed E-state index contributed by atoms with van der Waals surface area (Å²) < 4.78 is 12.3. The predicted molar refractivity (Wildman–Crippen MR) is 114 cm³/mol. The highest BCUT2D eigenvalue weighted by Gasteiger charge is 2.14. The number of ether oxygens (including phenoxy) is 2. The number of benzene rings is 2. The van der Waals surface area contributed by atoms with Crippen LogP contribution in [0.15, 0.2) is 42.7 Å². The Morgan fingerprint density at radius 2 is 1.62 bits per heavy atom. The zero-order valence-electron chi connectivity index (χ0n) is 15.9. The summed E-state index contributed by atoms with van der Waals surface area (Å²) in [5.74, 6) is 1.63. The van der Waals surface area contributed by atoms with Crippen molar-refractivity contribution >= 4 is 46.0 Å². The number of aromatic nitrogens is 4. The van der Waals surface area contributed by atoms with Crippen molar-refractivity contribution in [3.05, 3.63) is 58.5 Å². The van der Waals surface area contributed by atoms with E-state index in [4.69, 9.17) is 32.7 Å². The third-order valence-electron chi connectivity index (χ3n) is 4.39. The second-order valence-electron chi connectivity index (χ2n) is 6.21. The van der Waals surface area contributed by atoms with Crippen molar-refractivity contribution in [1.82, 2.24) is 19.5 Å². The molecule has 0 spiro atoms. The Labute approximate surface area is 177 Å². The number of nitrogens with one attached hydrogen (secondary N) is 1. The van der Waals surface area contributed by atoms with Gasteiger partial charge in [0, 0.05) is 5.69 Å². The summed E-state index contributed by atoms with van der Waals surface area (Å²) in [5, 5.41) is 4.18. The third kappa shape index (κ3) is 3.66. The second kappa shape index (κ2) is 7.77. The largest absolute Gasteiger partial charge is 0.495 e. The van der Waals surface area contributed by atoms with E-state index in [0.717, 1.165) is 17.1 Å². The van der Waals surface area contributed by atoms with Crippen molar-refractivity contribution < 1.29 is 9.47 Å². The highest BCUT2D eigenvalue weighted by atomic mass is 35.5. The molecule has 7 nitrogen and oxygen atoms in total. The quantitative estimate of drug-likeness (QED) is 0.470. The number of methoxy groups -OCH3 is 2. The minimum atomic E-state index is 0.428. The van der Waals surface area contributed by atoms with Crippen LogP contribution in [0.3, 0.4) is 0 Å². The molecule has 0 amide bonds. The molecule has 2 aromatic heterocycles. The maximum atomic E-state index is 6.28. The van der Waals surface area contributed by atoms with Crippen LogP contribution >= 0.6 is 23.2 Å². The summed E-state index contributed by atoms with van der Waals surface area (Å²) in [7, 11) is 3.15. The number of rotatable bonds is 5. The van der Waals surface area contributed by atoms with Crippen molar-refractivity contribution in [3.8, 4) is 17.2 Å². The van der Waals surface area contributed by atoms with Gasteiger partial charge in [-0.25, -0.2) is 9.97 Å². The van der Waals surface area contributed by atoms with Gasteiger partial charge >= 0.3 is 0 Å². The maximum absolute atomic E-state index is 6.28. The van der Waals surface area contributed by atoms with Crippen LogP contribution in [0.2, 0.25) is 10.0 Å². The molecule has 0 saturated carbocycles. The Morgan fingerprint density at radius 3 is 2.28 bits per heavy atom. The highest BCUT2D eigenvalue weighted by molar-refractivity contribution is 6.32. The van der Waals surface area contributed by atoms with Crippen LogP contribution in [-0.2, 0) is 0 Å². The minimum absolute atomic E-state index is 0.428. The second-order valence-corrected chi connectivity index (χ2v) is 7.03. The zero-order valence-corrected chi connectivity index (χ0v) is 17.4. The van der Waals surface area contributed by atoms with Crippen LogP contribution in [0.4, 0.5) is 11.6 Å². The molecule has 0 fully saturated rings. The molecular weight excluding hydrogens is 413 g/mol. The number of nitrogens with zero attached hydrogens (tertiary/aromatic N) is 4. The Balaban J connectivity index is 1.75.